The number of nitro benzene ring substituents is 1. The van der Waals surface area contributed by atoms with Gasteiger partial charge in [-0.05, 0) is 91.0 Å². The van der Waals surface area contributed by atoms with Crippen LogP contribution in [0, 0.1) is 10.1 Å². The van der Waals surface area contributed by atoms with Crippen molar-refractivity contribution in [3.05, 3.63) is 98.4 Å². The molecule has 5 rings (SSSR count). The highest BCUT2D eigenvalue weighted by atomic mass is 32.2. The molecular formula is C33H35N3O5S. The molecule has 1 aliphatic carbocycles. The average Bonchev–Trinajstić information content (AvgIpc) is 3.31. The van der Waals surface area contributed by atoms with E-state index in [1.807, 2.05) is 54.3 Å². The molecule has 3 aromatic rings. The summed E-state index contributed by atoms with van der Waals surface area (Å²) >= 11 is 1.43. The zero-order valence-electron chi connectivity index (χ0n) is 24.0. The number of para-hydroxylation sites is 1. The molecule has 0 N–H and O–H groups in total. The molecule has 0 unspecified atom stereocenters. The van der Waals surface area contributed by atoms with E-state index in [1.165, 1.54) is 30.3 Å². The van der Waals surface area contributed by atoms with Crippen molar-refractivity contribution in [2.45, 2.75) is 65.0 Å². The molecule has 42 heavy (non-hydrogen) atoms. The first kappa shape index (κ1) is 29.4. The van der Waals surface area contributed by atoms with Gasteiger partial charge in [-0.25, -0.2) is 4.99 Å². The average molecular weight is 586 g/mol. The van der Waals surface area contributed by atoms with Crippen molar-refractivity contribution < 1.29 is 19.2 Å². The number of thioether (sulfide) groups is 1. The van der Waals surface area contributed by atoms with Crippen molar-refractivity contribution in [2.24, 2.45) is 4.99 Å². The monoisotopic (exact) mass is 585 g/mol. The van der Waals surface area contributed by atoms with Crippen LogP contribution in [0.5, 0.6) is 11.5 Å². The molecule has 218 valence electrons. The molecule has 1 heterocycles. The van der Waals surface area contributed by atoms with Gasteiger partial charge in [-0.3, -0.25) is 19.8 Å². The van der Waals surface area contributed by atoms with Crippen molar-refractivity contribution in [3.8, 4) is 11.5 Å². The van der Waals surface area contributed by atoms with E-state index in [0.29, 0.717) is 23.0 Å². The summed E-state index contributed by atoms with van der Waals surface area (Å²) in [7, 11) is 0. The number of hydrogen-bond acceptors (Lipinski definition) is 7. The number of hydrogen-bond donors (Lipinski definition) is 0. The third-order valence-electron chi connectivity index (χ3n) is 7.47. The molecule has 2 aliphatic rings. The minimum Gasteiger partial charge on any atom is -0.490 e. The number of nitro groups is 1. The summed E-state index contributed by atoms with van der Waals surface area (Å²) < 4.78 is 11.9. The quantitative estimate of drug-likeness (QED) is 0.136. The van der Waals surface area contributed by atoms with E-state index in [-0.39, 0.29) is 24.2 Å². The molecule has 1 saturated heterocycles. The van der Waals surface area contributed by atoms with Gasteiger partial charge in [-0.1, -0.05) is 50.5 Å². The molecular weight excluding hydrogens is 550 g/mol. The predicted molar refractivity (Wildman–Crippen MR) is 167 cm³/mol. The van der Waals surface area contributed by atoms with Crippen LogP contribution in [0.3, 0.4) is 0 Å². The van der Waals surface area contributed by atoms with Gasteiger partial charge in [-0.2, -0.15) is 0 Å². The molecule has 8 nitrogen and oxygen atoms in total. The van der Waals surface area contributed by atoms with Crippen molar-refractivity contribution in [1.82, 2.24) is 4.90 Å². The highest BCUT2D eigenvalue weighted by molar-refractivity contribution is 8.18. The van der Waals surface area contributed by atoms with Gasteiger partial charge >= 0.3 is 0 Å². The highest BCUT2D eigenvalue weighted by Gasteiger charge is 2.38. The van der Waals surface area contributed by atoms with E-state index in [4.69, 9.17) is 14.5 Å². The molecule has 0 bridgehead atoms. The van der Waals surface area contributed by atoms with E-state index in [2.05, 4.69) is 13.0 Å². The van der Waals surface area contributed by atoms with Crippen LogP contribution in [0.1, 0.15) is 62.6 Å². The lowest BCUT2D eigenvalue weighted by Crippen LogP contribution is -2.40. The van der Waals surface area contributed by atoms with Gasteiger partial charge in [0.2, 0.25) is 0 Å². The number of nitrogens with zero attached hydrogens (tertiary/aromatic N) is 3. The van der Waals surface area contributed by atoms with Gasteiger partial charge in [0.1, 0.15) is 6.61 Å². The molecule has 1 saturated carbocycles. The zero-order valence-corrected chi connectivity index (χ0v) is 24.8. The first-order chi connectivity index (χ1) is 20.5. The van der Waals surface area contributed by atoms with Crippen molar-refractivity contribution in [3.63, 3.8) is 0 Å². The molecule has 3 aromatic carbocycles. The first-order valence-corrected chi connectivity index (χ1v) is 15.3. The molecule has 1 amide bonds. The fraction of sp³-hybridized carbons (Fsp3) is 0.333. The van der Waals surface area contributed by atoms with Gasteiger partial charge in [0, 0.05) is 18.2 Å². The number of carbonyl (C=O) groups excluding carboxylic acids is 1. The second-order valence-corrected chi connectivity index (χ2v) is 11.3. The van der Waals surface area contributed by atoms with E-state index in [9.17, 15) is 14.9 Å². The fourth-order valence-electron chi connectivity index (χ4n) is 5.28. The standard InChI is InChI=1S/C33H35N3O5S/c1-3-25-10-8-9-13-28(25)34-33-35(26-11-6-5-7-12-26)32(37)31(42-33)21-24-16-19-29(30(20-24)40-4-2)41-22-23-14-17-27(18-15-23)36(38)39/h8-10,13-21,26H,3-7,11-12,22H2,1-2H3/b31-21+,34-33?. The summed E-state index contributed by atoms with van der Waals surface area (Å²) in [4.78, 5) is 31.9. The number of aryl methyl sites for hydroxylation is 1. The lowest BCUT2D eigenvalue weighted by molar-refractivity contribution is -0.384. The molecule has 0 aromatic heterocycles. The van der Waals surface area contributed by atoms with Crippen LogP contribution >= 0.6 is 11.8 Å². The van der Waals surface area contributed by atoms with Gasteiger partial charge in [0.05, 0.1) is 22.1 Å². The smallest absolute Gasteiger partial charge is 0.269 e. The van der Waals surface area contributed by atoms with Crippen LogP contribution in [-0.4, -0.2) is 33.5 Å². The van der Waals surface area contributed by atoms with E-state index >= 15 is 0 Å². The Morgan fingerprint density at radius 3 is 2.48 bits per heavy atom. The van der Waals surface area contributed by atoms with Crippen LogP contribution in [0.2, 0.25) is 0 Å². The number of non-ortho nitro benzene ring substituents is 1. The van der Waals surface area contributed by atoms with Crippen LogP contribution in [-0.2, 0) is 17.8 Å². The summed E-state index contributed by atoms with van der Waals surface area (Å²) in [5.74, 6) is 1.13. The SMILES string of the molecule is CCOc1cc(/C=C2/SC(=Nc3ccccc3CC)N(C3CCCCC3)C2=O)ccc1OCc1ccc([N+](=O)[O-])cc1. The number of carbonyl (C=O) groups is 1. The van der Waals surface area contributed by atoms with Gasteiger partial charge in [-0.15, -0.1) is 0 Å². The second kappa shape index (κ2) is 13.7. The Morgan fingerprint density at radius 1 is 1.00 bits per heavy atom. The molecule has 0 radical (unpaired) electrons. The van der Waals surface area contributed by atoms with Crippen LogP contribution in [0.15, 0.2) is 76.6 Å². The summed E-state index contributed by atoms with van der Waals surface area (Å²) in [5, 5.41) is 11.7. The lowest BCUT2D eigenvalue weighted by atomic mass is 9.94. The number of rotatable bonds is 10. The van der Waals surface area contributed by atoms with E-state index < -0.39 is 4.92 Å². The van der Waals surface area contributed by atoms with E-state index in [1.54, 1.807) is 12.1 Å². The fourth-order valence-corrected chi connectivity index (χ4v) is 6.33. The molecule has 9 heteroatoms. The van der Waals surface area contributed by atoms with Crippen LogP contribution in [0.4, 0.5) is 11.4 Å². The van der Waals surface area contributed by atoms with Crippen molar-refractivity contribution in [1.29, 1.82) is 0 Å². The van der Waals surface area contributed by atoms with Gasteiger partial charge < -0.3 is 9.47 Å². The maximum Gasteiger partial charge on any atom is 0.269 e. The molecule has 0 atom stereocenters. The number of benzene rings is 3. The van der Waals surface area contributed by atoms with Crippen LogP contribution in [0.25, 0.3) is 6.08 Å². The third kappa shape index (κ3) is 6.85. The summed E-state index contributed by atoms with van der Waals surface area (Å²) in [6.45, 7) is 4.71. The maximum absolute atomic E-state index is 13.8. The first-order valence-electron chi connectivity index (χ1n) is 14.5. The Labute approximate surface area is 250 Å². The van der Waals surface area contributed by atoms with Gasteiger partial charge in [0.25, 0.3) is 11.6 Å². The second-order valence-electron chi connectivity index (χ2n) is 10.3. The number of amides is 1. The maximum atomic E-state index is 13.8. The highest BCUT2D eigenvalue weighted by Crippen LogP contribution is 2.40. The largest absolute Gasteiger partial charge is 0.490 e. The lowest BCUT2D eigenvalue weighted by Gasteiger charge is -2.30. The summed E-state index contributed by atoms with van der Waals surface area (Å²) in [5.41, 5.74) is 3.74. The summed E-state index contributed by atoms with van der Waals surface area (Å²) in [6.07, 6.45) is 8.20. The Hall–Kier alpha value is -4.11. The Balaban J connectivity index is 1.40. The number of ether oxygens (including phenoxy) is 2. The summed E-state index contributed by atoms with van der Waals surface area (Å²) in [6, 6.07) is 20.2. The van der Waals surface area contributed by atoms with Crippen LogP contribution < -0.4 is 9.47 Å². The predicted octanol–water partition coefficient (Wildman–Crippen LogP) is 8.07. The van der Waals surface area contributed by atoms with Crippen molar-refractivity contribution >= 4 is 40.3 Å². The normalized spacial score (nSPS) is 17.7. The Morgan fingerprint density at radius 2 is 1.76 bits per heavy atom. The molecule has 1 aliphatic heterocycles. The molecule has 2 fully saturated rings. The third-order valence-corrected chi connectivity index (χ3v) is 8.46. The van der Waals surface area contributed by atoms with Gasteiger partial charge in [0.15, 0.2) is 16.7 Å². The van der Waals surface area contributed by atoms with Crippen molar-refractivity contribution in [2.75, 3.05) is 6.61 Å². The number of amidine groups is 1. The Kier molecular flexibility index (Phi) is 9.59. The Bertz CT molecular complexity index is 1500. The zero-order chi connectivity index (χ0) is 29.5. The molecule has 0 spiro atoms. The van der Waals surface area contributed by atoms with E-state index in [0.717, 1.165) is 59.6 Å². The number of aliphatic imine (C=N–C) groups is 1. The minimum atomic E-state index is -0.425. The topological polar surface area (TPSA) is 94.3 Å². The minimum absolute atomic E-state index is 0.00362.